The highest BCUT2D eigenvalue weighted by atomic mass is 35.5. The number of hydrogen-bond donors (Lipinski definition) is 1. The Morgan fingerprint density at radius 2 is 2.12 bits per heavy atom. The van der Waals surface area contributed by atoms with E-state index >= 15 is 0 Å². The summed E-state index contributed by atoms with van der Waals surface area (Å²) >= 11 is 5.93. The molecule has 1 amide bonds. The summed E-state index contributed by atoms with van der Waals surface area (Å²) in [6.07, 6.45) is 1.92. The number of benzene rings is 1. The minimum absolute atomic E-state index is 0.0511. The van der Waals surface area contributed by atoms with Gasteiger partial charge in [0.15, 0.2) is 0 Å². The lowest BCUT2D eigenvalue weighted by Crippen LogP contribution is -2.42. The Balaban J connectivity index is 1.69. The third-order valence-corrected chi connectivity index (χ3v) is 4.92. The summed E-state index contributed by atoms with van der Waals surface area (Å²) in [5, 5.41) is 2.62. The number of carbonyl (C=O) groups is 1. The molecule has 138 valence electrons. The number of likely N-dealkylation sites (tertiary alicyclic amines) is 1. The number of aromatic nitrogens is 1. The highest BCUT2D eigenvalue weighted by molar-refractivity contribution is 6.34. The average molecular weight is 378 g/mol. The van der Waals surface area contributed by atoms with Crippen molar-refractivity contribution in [3.63, 3.8) is 0 Å². The van der Waals surface area contributed by atoms with E-state index in [4.69, 9.17) is 16.3 Å². The predicted molar refractivity (Wildman–Crippen MR) is 99.3 cm³/mol. The van der Waals surface area contributed by atoms with Crippen molar-refractivity contribution in [2.24, 2.45) is 0 Å². The number of hydrogen-bond acceptors (Lipinski definition) is 4. The van der Waals surface area contributed by atoms with Crippen LogP contribution >= 0.6 is 11.6 Å². The number of amides is 1. The standard InChI is InChI=1S/C19H21ClFN3O2/c1-12-11-13(9-10-24(12)2)26-17-8-4-7-16(22-17)23-19(25)18-14(20)5-3-6-15(18)21/h3-8,12-13H,9-11H2,1-2H3,(H,22,23,25)/t12-,13-/m1/s1. The first-order valence-corrected chi connectivity index (χ1v) is 8.91. The third-order valence-electron chi connectivity index (χ3n) is 4.60. The van der Waals surface area contributed by atoms with Crippen LogP contribution in [0.15, 0.2) is 36.4 Å². The molecule has 0 saturated carbocycles. The number of anilines is 1. The largest absolute Gasteiger partial charge is 0.474 e. The van der Waals surface area contributed by atoms with Gasteiger partial charge in [-0.05, 0) is 45.0 Å². The van der Waals surface area contributed by atoms with E-state index < -0.39 is 11.7 Å². The molecule has 0 aliphatic carbocycles. The Morgan fingerprint density at radius 3 is 2.85 bits per heavy atom. The highest BCUT2D eigenvalue weighted by Gasteiger charge is 2.24. The topological polar surface area (TPSA) is 54.5 Å². The number of halogens is 2. The zero-order valence-corrected chi connectivity index (χ0v) is 15.5. The van der Waals surface area contributed by atoms with Crippen LogP contribution in [0.25, 0.3) is 0 Å². The van der Waals surface area contributed by atoms with Crippen molar-refractivity contribution in [1.29, 1.82) is 0 Å². The van der Waals surface area contributed by atoms with E-state index in [2.05, 4.69) is 29.2 Å². The van der Waals surface area contributed by atoms with Crippen molar-refractivity contribution in [3.8, 4) is 5.88 Å². The molecular formula is C19H21ClFN3O2. The van der Waals surface area contributed by atoms with Gasteiger partial charge in [0.25, 0.3) is 5.91 Å². The highest BCUT2D eigenvalue weighted by Crippen LogP contribution is 2.23. The number of nitrogens with one attached hydrogen (secondary N) is 1. The fraction of sp³-hybridized carbons (Fsp3) is 0.368. The van der Waals surface area contributed by atoms with Crippen molar-refractivity contribution in [2.75, 3.05) is 18.9 Å². The van der Waals surface area contributed by atoms with Gasteiger partial charge in [-0.3, -0.25) is 4.79 Å². The maximum absolute atomic E-state index is 13.9. The molecule has 0 unspecified atom stereocenters. The molecule has 1 fully saturated rings. The van der Waals surface area contributed by atoms with E-state index in [1.807, 2.05) is 0 Å². The fourth-order valence-corrected chi connectivity index (χ4v) is 3.22. The molecule has 1 aliphatic rings. The Kier molecular flexibility index (Phi) is 5.74. The number of nitrogens with zero attached hydrogens (tertiary/aromatic N) is 2. The molecule has 1 aromatic carbocycles. The van der Waals surface area contributed by atoms with Crippen LogP contribution in [0.3, 0.4) is 0 Å². The molecule has 0 bridgehead atoms. The number of ether oxygens (including phenoxy) is 1. The number of pyridine rings is 1. The van der Waals surface area contributed by atoms with Gasteiger partial charge in [0.05, 0.1) is 10.6 Å². The van der Waals surface area contributed by atoms with Crippen molar-refractivity contribution in [1.82, 2.24) is 9.88 Å². The van der Waals surface area contributed by atoms with Crippen LogP contribution in [0.5, 0.6) is 5.88 Å². The van der Waals surface area contributed by atoms with Crippen LogP contribution in [0.1, 0.15) is 30.1 Å². The van der Waals surface area contributed by atoms with Crippen LogP contribution in [-0.4, -0.2) is 41.5 Å². The average Bonchev–Trinajstić information content (AvgIpc) is 2.58. The lowest BCUT2D eigenvalue weighted by molar-refractivity contribution is 0.0760. The van der Waals surface area contributed by atoms with Gasteiger partial charge >= 0.3 is 0 Å². The minimum atomic E-state index is -0.678. The second kappa shape index (κ2) is 8.01. The van der Waals surface area contributed by atoms with E-state index in [-0.39, 0.29) is 22.5 Å². The van der Waals surface area contributed by atoms with Crippen molar-refractivity contribution >= 4 is 23.3 Å². The van der Waals surface area contributed by atoms with Crippen LogP contribution in [0.2, 0.25) is 5.02 Å². The summed E-state index contributed by atoms with van der Waals surface area (Å²) < 4.78 is 19.8. The molecule has 5 nitrogen and oxygen atoms in total. The van der Waals surface area contributed by atoms with Gasteiger partial charge in [0, 0.05) is 18.7 Å². The van der Waals surface area contributed by atoms with Crippen molar-refractivity contribution in [3.05, 3.63) is 52.8 Å². The van der Waals surface area contributed by atoms with Gasteiger partial charge < -0.3 is 15.0 Å². The van der Waals surface area contributed by atoms with Gasteiger partial charge in [-0.25, -0.2) is 4.39 Å². The van der Waals surface area contributed by atoms with Gasteiger partial charge in [0.2, 0.25) is 5.88 Å². The first kappa shape index (κ1) is 18.6. The Bertz CT molecular complexity index is 782. The second-order valence-corrected chi connectivity index (χ2v) is 6.91. The molecule has 2 heterocycles. The molecule has 0 spiro atoms. The molecule has 26 heavy (non-hydrogen) atoms. The normalized spacial score (nSPS) is 20.6. The van der Waals surface area contributed by atoms with Gasteiger partial charge in [-0.15, -0.1) is 0 Å². The monoisotopic (exact) mass is 377 g/mol. The van der Waals surface area contributed by atoms with Gasteiger partial charge in [-0.1, -0.05) is 23.7 Å². The molecule has 3 rings (SSSR count). The van der Waals surface area contributed by atoms with Crippen molar-refractivity contribution in [2.45, 2.75) is 31.9 Å². The molecule has 7 heteroatoms. The summed E-state index contributed by atoms with van der Waals surface area (Å²) in [4.78, 5) is 18.9. The molecule has 1 aliphatic heterocycles. The first-order valence-electron chi connectivity index (χ1n) is 8.53. The summed E-state index contributed by atoms with van der Waals surface area (Å²) in [6, 6.07) is 9.65. The zero-order valence-electron chi connectivity index (χ0n) is 14.7. The summed E-state index contributed by atoms with van der Waals surface area (Å²) in [6.45, 7) is 3.13. The molecule has 2 atom stereocenters. The first-order chi connectivity index (χ1) is 12.4. The number of rotatable bonds is 4. The summed E-state index contributed by atoms with van der Waals surface area (Å²) in [5.74, 6) is -0.606. The molecule has 2 aromatic rings. The molecular weight excluding hydrogens is 357 g/mol. The summed E-state index contributed by atoms with van der Waals surface area (Å²) in [5.41, 5.74) is -0.202. The van der Waals surface area contributed by atoms with Crippen LogP contribution in [0, 0.1) is 5.82 Å². The van der Waals surface area contributed by atoms with E-state index in [0.29, 0.717) is 11.9 Å². The van der Waals surface area contributed by atoms with Gasteiger partial charge in [-0.2, -0.15) is 4.98 Å². The van der Waals surface area contributed by atoms with E-state index in [1.54, 1.807) is 18.2 Å². The Labute approximate surface area is 157 Å². The number of carbonyl (C=O) groups excluding carboxylic acids is 1. The molecule has 1 saturated heterocycles. The van der Waals surface area contributed by atoms with Crippen LogP contribution in [0.4, 0.5) is 10.2 Å². The lowest BCUT2D eigenvalue weighted by Gasteiger charge is -2.34. The van der Waals surface area contributed by atoms with Crippen LogP contribution < -0.4 is 10.1 Å². The SMILES string of the molecule is C[C@@H]1C[C@H](Oc2cccc(NC(=O)c3c(F)cccc3Cl)n2)CCN1C. The zero-order chi connectivity index (χ0) is 18.7. The van der Waals surface area contributed by atoms with E-state index in [0.717, 1.165) is 19.4 Å². The van der Waals surface area contributed by atoms with Gasteiger partial charge in [0.1, 0.15) is 17.7 Å². The van der Waals surface area contributed by atoms with Crippen molar-refractivity contribution < 1.29 is 13.9 Å². The lowest BCUT2D eigenvalue weighted by atomic mass is 10.0. The fourth-order valence-electron chi connectivity index (χ4n) is 2.97. The number of piperidine rings is 1. The second-order valence-electron chi connectivity index (χ2n) is 6.51. The Morgan fingerprint density at radius 1 is 1.35 bits per heavy atom. The maximum Gasteiger partial charge on any atom is 0.261 e. The third kappa shape index (κ3) is 4.31. The summed E-state index contributed by atoms with van der Waals surface area (Å²) in [7, 11) is 2.10. The predicted octanol–water partition coefficient (Wildman–Crippen LogP) is 3.99. The van der Waals surface area contributed by atoms with E-state index in [1.165, 1.54) is 18.2 Å². The molecule has 0 radical (unpaired) electrons. The minimum Gasteiger partial charge on any atom is -0.474 e. The smallest absolute Gasteiger partial charge is 0.261 e. The maximum atomic E-state index is 13.9. The van der Waals surface area contributed by atoms with E-state index in [9.17, 15) is 9.18 Å². The Hall–Kier alpha value is -2.18. The molecule has 1 N–H and O–H groups in total. The van der Waals surface area contributed by atoms with Crippen LogP contribution in [-0.2, 0) is 0 Å². The molecule has 1 aromatic heterocycles. The quantitative estimate of drug-likeness (QED) is 0.875.